The molecule has 2 N–H and O–H groups in total. The number of β-amino-alcohol motifs (C(OH)–C–C–N with tert-alkyl or cyclic N) is 2. The maximum Gasteiger partial charge on any atom is 0.257 e. The van der Waals surface area contributed by atoms with E-state index in [0.29, 0.717) is 31.4 Å². The van der Waals surface area contributed by atoms with Crippen LogP contribution in [0.1, 0.15) is 5.89 Å². The molecule has 0 unspecified atom stereocenters. The Morgan fingerprint density at radius 3 is 2.78 bits per heavy atom. The van der Waals surface area contributed by atoms with Crippen molar-refractivity contribution < 1.29 is 14.6 Å². The maximum atomic E-state index is 9.44. The number of nitrogens with zero attached hydrogens (tertiary/aromatic N) is 3. The lowest BCUT2D eigenvalue weighted by Gasteiger charge is -2.10. The Labute approximate surface area is 107 Å². The molecule has 3 rings (SSSR count). The van der Waals surface area contributed by atoms with Crippen LogP contribution >= 0.6 is 11.3 Å². The zero-order chi connectivity index (χ0) is 12.5. The van der Waals surface area contributed by atoms with Crippen LogP contribution in [-0.2, 0) is 6.54 Å². The fraction of sp³-hybridized carbons (Fsp3) is 0.455. The average Bonchev–Trinajstić information content (AvgIpc) is 3.02. The van der Waals surface area contributed by atoms with Gasteiger partial charge in [-0.1, -0.05) is 6.07 Å². The standard InChI is InChI=1S/C11H13N3O3S/c15-7-4-14(5-8(7)16)6-10-12-13-11(17-10)9-2-1-3-18-9/h1-3,7-8,15-16H,4-6H2/t7-,8+. The van der Waals surface area contributed by atoms with Crippen molar-refractivity contribution in [3.63, 3.8) is 0 Å². The summed E-state index contributed by atoms with van der Waals surface area (Å²) in [5, 5.41) is 28.8. The zero-order valence-corrected chi connectivity index (χ0v) is 10.4. The highest BCUT2D eigenvalue weighted by Gasteiger charge is 2.30. The number of aliphatic hydroxyl groups is 2. The first-order valence-electron chi connectivity index (χ1n) is 5.67. The van der Waals surface area contributed by atoms with Gasteiger partial charge in [-0.25, -0.2) is 0 Å². The summed E-state index contributed by atoms with van der Waals surface area (Å²) < 4.78 is 5.54. The SMILES string of the molecule is O[C@@H]1CN(Cc2nnc(-c3cccs3)o2)C[C@@H]1O. The third-order valence-electron chi connectivity index (χ3n) is 2.89. The van der Waals surface area contributed by atoms with Gasteiger partial charge in [0.25, 0.3) is 5.89 Å². The van der Waals surface area contributed by atoms with Gasteiger partial charge in [0, 0.05) is 13.1 Å². The van der Waals surface area contributed by atoms with Crippen molar-refractivity contribution in [3.8, 4) is 10.8 Å². The largest absolute Gasteiger partial charge is 0.419 e. The summed E-state index contributed by atoms with van der Waals surface area (Å²) in [5.41, 5.74) is 0. The van der Waals surface area contributed by atoms with E-state index in [4.69, 9.17) is 4.42 Å². The highest BCUT2D eigenvalue weighted by Crippen LogP contribution is 2.23. The van der Waals surface area contributed by atoms with E-state index in [9.17, 15) is 10.2 Å². The van der Waals surface area contributed by atoms with E-state index in [1.807, 2.05) is 22.4 Å². The normalized spacial score (nSPS) is 24.8. The van der Waals surface area contributed by atoms with Crippen molar-refractivity contribution in [2.24, 2.45) is 0 Å². The molecule has 2 aromatic rings. The minimum Gasteiger partial charge on any atom is -0.419 e. The zero-order valence-electron chi connectivity index (χ0n) is 9.56. The summed E-state index contributed by atoms with van der Waals surface area (Å²) in [6.07, 6.45) is -1.38. The summed E-state index contributed by atoms with van der Waals surface area (Å²) in [7, 11) is 0. The number of hydrogen-bond donors (Lipinski definition) is 2. The van der Waals surface area contributed by atoms with Gasteiger partial charge in [-0.05, 0) is 11.4 Å². The van der Waals surface area contributed by atoms with Gasteiger partial charge in [0.1, 0.15) is 0 Å². The van der Waals surface area contributed by atoms with Crippen LogP contribution in [0.25, 0.3) is 10.8 Å². The van der Waals surface area contributed by atoms with Crippen molar-refractivity contribution >= 4 is 11.3 Å². The second kappa shape index (κ2) is 4.77. The average molecular weight is 267 g/mol. The van der Waals surface area contributed by atoms with Crippen LogP contribution in [0.4, 0.5) is 0 Å². The first-order valence-corrected chi connectivity index (χ1v) is 6.55. The topological polar surface area (TPSA) is 82.6 Å². The summed E-state index contributed by atoms with van der Waals surface area (Å²) in [5.74, 6) is 1.01. The molecule has 1 aliphatic rings. The second-order valence-electron chi connectivity index (χ2n) is 4.31. The molecule has 6 nitrogen and oxygen atoms in total. The molecule has 0 radical (unpaired) electrons. The van der Waals surface area contributed by atoms with Gasteiger partial charge in [0.15, 0.2) is 0 Å². The first kappa shape index (κ1) is 11.8. The van der Waals surface area contributed by atoms with Crippen LogP contribution < -0.4 is 0 Å². The molecule has 7 heteroatoms. The van der Waals surface area contributed by atoms with Gasteiger partial charge >= 0.3 is 0 Å². The van der Waals surface area contributed by atoms with E-state index >= 15 is 0 Å². The van der Waals surface area contributed by atoms with Crippen molar-refractivity contribution in [2.75, 3.05) is 13.1 Å². The van der Waals surface area contributed by atoms with Crippen molar-refractivity contribution in [1.29, 1.82) is 0 Å². The summed E-state index contributed by atoms with van der Waals surface area (Å²) in [6.45, 7) is 1.31. The monoisotopic (exact) mass is 267 g/mol. The van der Waals surface area contributed by atoms with Gasteiger partial charge in [-0.15, -0.1) is 21.5 Å². The van der Waals surface area contributed by atoms with E-state index in [0.717, 1.165) is 4.88 Å². The number of hydrogen-bond acceptors (Lipinski definition) is 7. The lowest BCUT2D eigenvalue weighted by atomic mass is 10.3. The van der Waals surface area contributed by atoms with E-state index < -0.39 is 12.2 Å². The fourth-order valence-corrected chi connectivity index (χ4v) is 2.63. The van der Waals surface area contributed by atoms with Crippen LogP contribution in [0.2, 0.25) is 0 Å². The Kier molecular flexibility index (Phi) is 3.13. The Morgan fingerprint density at radius 1 is 1.33 bits per heavy atom. The fourth-order valence-electron chi connectivity index (χ4n) is 1.98. The predicted octanol–water partition coefficient (Wildman–Crippen LogP) is 0.336. The van der Waals surface area contributed by atoms with Crippen molar-refractivity contribution in [1.82, 2.24) is 15.1 Å². The minimum atomic E-state index is -0.690. The van der Waals surface area contributed by atoms with E-state index in [-0.39, 0.29) is 0 Å². The summed E-state index contributed by atoms with van der Waals surface area (Å²) in [4.78, 5) is 2.83. The van der Waals surface area contributed by atoms with Gasteiger partial charge in [0.2, 0.25) is 5.89 Å². The summed E-state index contributed by atoms with van der Waals surface area (Å²) in [6, 6.07) is 3.85. The third-order valence-corrected chi connectivity index (χ3v) is 3.75. The molecule has 1 saturated heterocycles. The Hall–Kier alpha value is -1.28. The van der Waals surface area contributed by atoms with E-state index in [1.54, 1.807) is 11.3 Å². The molecule has 0 bridgehead atoms. The molecule has 0 amide bonds. The number of aromatic nitrogens is 2. The van der Waals surface area contributed by atoms with Gasteiger partial charge in [-0.2, -0.15) is 0 Å². The molecule has 0 saturated carbocycles. The first-order chi connectivity index (χ1) is 8.72. The molecular weight excluding hydrogens is 254 g/mol. The lowest BCUT2D eigenvalue weighted by Crippen LogP contribution is -2.22. The smallest absolute Gasteiger partial charge is 0.257 e. The molecule has 3 heterocycles. The van der Waals surface area contributed by atoms with E-state index in [2.05, 4.69) is 10.2 Å². The summed E-state index contributed by atoms with van der Waals surface area (Å²) >= 11 is 1.54. The Bertz CT molecular complexity index is 503. The predicted molar refractivity (Wildman–Crippen MR) is 64.9 cm³/mol. The molecule has 18 heavy (non-hydrogen) atoms. The van der Waals surface area contributed by atoms with Crippen LogP contribution in [0.15, 0.2) is 21.9 Å². The highest BCUT2D eigenvalue weighted by molar-refractivity contribution is 7.13. The molecular formula is C11H13N3O3S. The maximum absolute atomic E-state index is 9.44. The molecule has 2 atom stereocenters. The molecule has 0 aromatic carbocycles. The van der Waals surface area contributed by atoms with Gasteiger partial charge in [-0.3, -0.25) is 4.90 Å². The molecule has 2 aromatic heterocycles. The molecule has 1 fully saturated rings. The molecule has 1 aliphatic heterocycles. The number of likely N-dealkylation sites (tertiary alicyclic amines) is 1. The highest BCUT2D eigenvalue weighted by atomic mass is 32.1. The van der Waals surface area contributed by atoms with Gasteiger partial charge < -0.3 is 14.6 Å². The third kappa shape index (κ3) is 2.30. The quantitative estimate of drug-likeness (QED) is 0.834. The van der Waals surface area contributed by atoms with Crippen LogP contribution in [0, 0.1) is 0 Å². The van der Waals surface area contributed by atoms with Crippen molar-refractivity contribution in [3.05, 3.63) is 23.4 Å². The minimum absolute atomic E-state index is 0.428. The Balaban J connectivity index is 1.68. The van der Waals surface area contributed by atoms with Crippen LogP contribution in [0.3, 0.4) is 0 Å². The van der Waals surface area contributed by atoms with Crippen molar-refractivity contribution in [2.45, 2.75) is 18.8 Å². The molecule has 96 valence electrons. The number of thiophene rings is 1. The lowest BCUT2D eigenvalue weighted by molar-refractivity contribution is 0.0572. The second-order valence-corrected chi connectivity index (χ2v) is 5.25. The van der Waals surface area contributed by atoms with Crippen LogP contribution in [-0.4, -0.2) is 50.6 Å². The van der Waals surface area contributed by atoms with Gasteiger partial charge in [0.05, 0.1) is 23.6 Å². The van der Waals surface area contributed by atoms with Crippen LogP contribution in [0.5, 0.6) is 0 Å². The number of aliphatic hydroxyl groups excluding tert-OH is 2. The Morgan fingerprint density at radius 2 is 2.11 bits per heavy atom. The molecule has 0 spiro atoms. The number of rotatable bonds is 3. The van der Waals surface area contributed by atoms with E-state index in [1.165, 1.54) is 0 Å². The molecule has 0 aliphatic carbocycles.